The Morgan fingerprint density at radius 2 is 2.00 bits per heavy atom. The Bertz CT molecular complexity index is 964. The van der Waals surface area contributed by atoms with Gasteiger partial charge in [-0.2, -0.15) is 0 Å². The summed E-state index contributed by atoms with van der Waals surface area (Å²) in [4.78, 5) is 30.2. The first-order valence-electron chi connectivity index (χ1n) is 9.91. The zero-order valence-corrected chi connectivity index (χ0v) is 18.8. The maximum absolute atomic E-state index is 13.0. The van der Waals surface area contributed by atoms with E-state index in [1.54, 1.807) is 24.1 Å². The molecule has 0 saturated carbocycles. The molecule has 2 aromatic rings. The maximum Gasteiger partial charge on any atom is 0.295 e. The lowest BCUT2D eigenvalue weighted by Gasteiger charge is -2.25. The van der Waals surface area contributed by atoms with Gasteiger partial charge in [-0.25, -0.2) is 0 Å². The van der Waals surface area contributed by atoms with Gasteiger partial charge >= 0.3 is 0 Å². The molecule has 1 N–H and O–H groups in total. The third-order valence-electron chi connectivity index (χ3n) is 5.27. The van der Waals surface area contributed by atoms with Gasteiger partial charge in [-0.1, -0.05) is 19.9 Å². The van der Waals surface area contributed by atoms with Crippen LogP contribution in [0.25, 0.3) is 5.76 Å². The Morgan fingerprint density at radius 1 is 1.27 bits per heavy atom. The average molecular weight is 429 g/mol. The minimum absolute atomic E-state index is 0.140. The van der Waals surface area contributed by atoms with Gasteiger partial charge in [0.25, 0.3) is 11.7 Å². The fourth-order valence-corrected chi connectivity index (χ4v) is 4.49. The smallest absolute Gasteiger partial charge is 0.295 e. The summed E-state index contributed by atoms with van der Waals surface area (Å²) >= 11 is 1.47. The van der Waals surface area contributed by atoms with E-state index >= 15 is 0 Å². The number of aliphatic hydroxyl groups excluding tert-OH is 1. The van der Waals surface area contributed by atoms with Crippen molar-refractivity contribution in [3.63, 3.8) is 0 Å². The van der Waals surface area contributed by atoms with Crippen LogP contribution in [0.5, 0.6) is 5.75 Å². The monoisotopic (exact) mass is 428 g/mol. The van der Waals surface area contributed by atoms with Gasteiger partial charge in [0.2, 0.25) is 0 Å². The fraction of sp³-hybridized carbons (Fsp3) is 0.391. The van der Waals surface area contributed by atoms with Gasteiger partial charge in [0, 0.05) is 23.5 Å². The quantitative estimate of drug-likeness (QED) is 0.412. The predicted molar refractivity (Wildman–Crippen MR) is 119 cm³/mol. The molecule has 0 radical (unpaired) electrons. The summed E-state index contributed by atoms with van der Waals surface area (Å²) in [5.74, 6) is -0.476. The highest BCUT2D eigenvalue weighted by atomic mass is 32.1. The van der Waals surface area contributed by atoms with E-state index in [4.69, 9.17) is 4.74 Å². The van der Waals surface area contributed by atoms with Gasteiger partial charge in [0.1, 0.15) is 11.5 Å². The van der Waals surface area contributed by atoms with E-state index in [1.807, 2.05) is 56.4 Å². The molecule has 1 atom stereocenters. The Labute approximate surface area is 181 Å². The van der Waals surface area contributed by atoms with Crippen LogP contribution in [0.3, 0.4) is 0 Å². The molecule has 6 nitrogen and oxygen atoms in total. The van der Waals surface area contributed by atoms with E-state index in [-0.39, 0.29) is 17.3 Å². The Balaban J connectivity index is 2.13. The minimum Gasteiger partial charge on any atom is -0.507 e. The topological polar surface area (TPSA) is 70.1 Å². The molecule has 2 heterocycles. The summed E-state index contributed by atoms with van der Waals surface area (Å²) in [5, 5.41) is 13.1. The zero-order valence-electron chi connectivity index (χ0n) is 18.0. The fourth-order valence-electron chi connectivity index (χ4n) is 3.65. The van der Waals surface area contributed by atoms with Crippen LogP contribution in [-0.2, 0) is 9.59 Å². The van der Waals surface area contributed by atoms with Crippen molar-refractivity contribution in [2.24, 2.45) is 0 Å². The van der Waals surface area contributed by atoms with Crippen molar-refractivity contribution in [3.05, 3.63) is 57.3 Å². The van der Waals surface area contributed by atoms with Gasteiger partial charge in [0.15, 0.2) is 0 Å². The Hall–Kier alpha value is -2.64. The largest absolute Gasteiger partial charge is 0.507 e. The second-order valence-corrected chi connectivity index (χ2v) is 8.90. The number of Topliss-reactive ketones (excluding diaryl/α,β-unsaturated/α-hetero) is 1. The second kappa shape index (κ2) is 9.02. The number of likely N-dealkylation sites (N-methyl/N-ethyl adjacent to an activating group) is 1. The molecule has 1 saturated heterocycles. The number of hydrogen-bond donors (Lipinski definition) is 1. The molecule has 7 heteroatoms. The Morgan fingerprint density at radius 3 is 2.57 bits per heavy atom. The van der Waals surface area contributed by atoms with Gasteiger partial charge in [-0.3, -0.25) is 9.59 Å². The van der Waals surface area contributed by atoms with Gasteiger partial charge in [-0.15, -0.1) is 11.3 Å². The second-order valence-electron chi connectivity index (χ2n) is 7.92. The van der Waals surface area contributed by atoms with Crippen LogP contribution in [0.4, 0.5) is 0 Å². The molecule has 3 rings (SSSR count). The number of carbonyl (C=O) groups is 2. The van der Waals surface area contributed by atoms with Crippen molar-refractivity contribution >= 4 is 28.8 Å². The lowest BCUT2D eigenvalue weighted by atomic mass is 9.95. The van der Waals surface area contributed by atoms with Crippen molar-refractivity contribution in [2.45, 2.75) is 25.8 Å². The molecule has 1 aliphatic rings. The number of amides is 1. The van der Waals surface area contributed by atoms with Gasteiger partial charge < -0.3 is 19.6 Å². The SMILES string of the molecule is COc1ccc(/C(O)=C2/C(=O)C(=O)N(CCN(C)C)C2c2cccs2)cc1C(C)C. The number of hydrogen-bond acceptors (Lipinski definition) is 6. The third-order valence-corrected chi connectivity index (χ3v) is 6.19. The summed E-state index contributed by atoms with van der Waals surface area (Å²) in [7, 11) is 5.44. The van der Waals surface area contributed by atoms with E-state index in [2.05, 4.69) is 0 Å². The lowest BCUT2D eigenvalue weighted by Crippen LogP contribution is -2.35. The van der Waals surface area contributed by atoms with Crippen LogP contribution in [0.15, 0.2) is 41.3 Å². The highest BCUT2D eigenvalue weighted by molar-refractivity contribution is 7.10. The van der Waals surface area contributed by atoms with E-state index in [0.29, 0.717) is 18.7 Å². The van der Waals surface area contributed by atoms with E-state index < -0.39 is 17.7 Å². The highest BCUT2D eigenvalue weighted by Crippen LogP contribution is 2.41. The Kier molecular flexibility index (Phi) is 6.63. The minimum atomic E-state index is -0.647. The first kappa shape index (κ1) is 22.1. The summed E-state index contributed by atoms with van der Waals surface area (Å²) in [6.07, 6.45) is 0. The summed E-state index contributed by atoms with van der Waals surface area (Å²) in [6, 6.07) is 8.53. The molecule has 1 aromatic heterocycles. The molecule has 0 bridgehead atoms. The normalized spacial score (nSPS) is 18.6. The maximum atomic E-state index is 13.0. The number of rotatable bonds is 7. The number of ketones is 1. The summed E-state index contributed by atoms with van der Waals surface area (Å²) < 4.78 is 5.43. The molecule has 1 aliphatic heterocycles. The van der Waals surface area contributed by atoms with Crippen LogP contribution in [0.1, 0.15) is 41.8 Å². The first-order chi connectivity index (χ1) is 14.3. The van der Waals surface area contributed by atoms with Crippen LogP contribution in [-0.4, -0.2) is 60.9 Å². The highest BCUT2D eigenvalue weighted by Gasteiger charge is 2.46. The predicted octanol–water partition coefficient (Wildman–Crippen LogP) is 3.86. The molecule has 0 aliphatic carbocycles. The number of benzene rings is 1. The number of aliphatic hydroxyl groups is 1. The molecule has 30 heavy (non-hydrogen) atoms. The number of methoxy groups -OCH3 is 1. The summed E-state index contributed by atoms with van der Waals surface area (Å²) in [5.41, 5.74) is 1.57. The summed E-state index contributed by atoms with van der Waals surface area (Å²) in [6.45, 7) is 5.09. The molecule has 0 spiro atoms. The first-order valence-corrected chi connectivity index (χ1v) is 10.8. The number of thiophene rings is 1. The van der Waals surface area contributed by atoms with E-state index in [0.717, 1.165) is 16.2 Å². The molecule has 160 valence electrons. The molecular formula is C23H28N2O4S. The molecule has 1 aromatic carbocycles. The molecule has 1 unspecified atom stereocenters. The third kappa shape index (κ3) is 4.13. The molecule has 1 fully saturated rings. The number of ether oxygens (including phenoxy) is 1. The van der Waals surface area contributed by atoms with Crippen molar-refractivity contribution in [3.8, 4) is 5.75 Å². The van der Waals surface area contributed by atoms with E-state index in [9.17, 15) is 14.7 Å². The van der Waals surface area contributed by atoms with Crippen LogP contribution >= 0.6 is 11.3 Å². The van der Waals surface area contributed by atoms with Crippen molar-refractivity contribution in [1.29, 1.82) is 0 Å². The van der Waals surface area contributed by atoms with Crippen molar-refractivity contribution in [2.75, 3.05) is 34.3 Å². The number of carbonyl (C=O) groups excluding carboxylic acids is 2. The van der Waals surface area contributed by atoms with Crippen molar-refractivity contribution in [1.82, 2.24) is 9.80 Å². The van der Waals surface area contributed by atoms with Gasteiger partial charge in [-0.05, 0) is 55.2 Å². The van der Waals surface area contributed by atoms with Crippen LogP contribution in [0, 0.1) is 0 Å². The average Bonchev–Trinajstić information content (AvgIpc) is 3.32. The number of likely N-dealkylation sites (tertiary alicyclic amines) is 1. The molecule has 1 amide bonds. The zero-order chi connectivity index (χ0) is 22.0. The molecular weight excluding hydrogens is 400 g/mol. The van der Waals surface area contributed by atoms with Crippen LogP contribution < -0.4 is 4.74 Å². The van der Waals surface area contributed by atoms with Gasteiger partial charge in [0.05, 0.1) is 18.7 Å². The lowest BCUT2D eigenvalue weighted by molar-refractivity contribution is -0.140. The standard InChI is InChI=1S/C23H28N2O4S/c1-14(2)16-13-15(8-9-17(16)29-5)21(26)19-20(18-7-6-12-30-18)25(11-10-24(3)4)23(28)22(19)27/h6-9,12-14,20,26H,10-11H2,1-5H3/b21-19-. The number of nitrogens with zero attached hydrogens (tertiary/aromatic N) is 2. The van der Waals surface area contributed by atoms with E-state index in [1.165, 1.54) is 11.3 Å². The van der Waals surface area contributed by atoms with Crippen LogP contribution in [0.2, 0.25) is 0 Å². The van der Waals surface area contributed by atoms with Crippen molar-refractivity contribution < 1.29 is 19.4 Å².